The van der Waals surface area contributed by atoms with Gasteiger partial charge in [0.15, 0.2) is 23.6 Å². The Kier molecular flexibility index (Phi) is 10.9. The van der Waals surface area contributed by atoms with E-state index in [1.54, 1.807) is 13.1 Å². The van der Waals surface area contributed by atoms with Crippen molar-refractivity contribution in [1.29, 1.82) is 0 Å². The van der Waals surface area contributed by atoms with Gasteiger partial charge >= 0.3 is 6.01 Å². The zero-order chi connectivity index (χ0) is 31.1. The summed E-state index contributed by atoms with van der Waals surface area (Å²) < 4.78 is 5.64. The Bertz CT molecular complexity index is 1360. The maximum Gasteiger partial charge on any atom is 0.315 e. The number of piperidine rings is 1. The molecule has 0 amide bonds. The summed E-state index contributed by atoms with van der Waals surface area (Å²) in [6.07, 6.45) is 4.40. The third-order valence-corrected chi connectivity index (χ3v) is 8.24. The summed E-state index contributed by atoms with van der Waals surface area (Å²) in [5, 5.41) is 13.9. The van der Waals surface area contributed by atoms with Gasteiger partial charge in [0.25, 0.3) is 5.89 Å². The first kappa shape index (κ1) is 32.1. The Balaban J connectivity index is 0.000000324. The summed E-state index contributed by atoms with van der Waals surface area (Å²) in [5.74, 6) is 2.09. The van der Waals surface area contributed by atoms with Crippen LogP contribution in [0.4, 0.5) is 23.5 Å². The largest absolute Gasteiger partial charge is 0.402 e. The maximum absolute atomic E-state index is 10.4. The minimum atomic E-state index is 0.284. The van der Waals surface area contributed by atoms with Crippen molar-refractivity contribution in [3.8, 4) is 11.6 Å². The molecule has 13 heteroatoms. The van der Waals surface area contributed by atoms with E-state index in [0.29, 0.717) is 53.6 Å². The quantitative estimate of drug-likeness (QED) is 0.327. The molecule has 4 N–H and O–H groups in total. The number of likely N-dealkylation sites (tertiary alicyclic amines) is 1. The Morgan fingerprint density at radius 3 is 2.49 bits per heavy atom. The van der Waals surface area contributed by atoms with Gasteiger partial charge in [0.1, 0.15) is 5.82 Å². The van der Waals surface area contributed by atoms with Crippen LogP contribution in [0.2, 0.25) is 0 Å². The van der Waals surface area contributed by atoms with Crippen molar-refractivity contribution in [3.63, 3.8) is 0 Å². The minimum Gasteiger partial charge on any atom is -0.402 e. The highest BCUT2D eigenvalue weighted by atomic mass is 16.4. The van der Waals surface area contributed by atoms with E-state index in [-0.39, 0.29) is 5.89 Å². The number of piperazine rings is 1. The van der Waals surface area contributed by atoms with Crippen LogP contribution in [-0.4, -0.2) is 106 Å². The summed E-state index contributed by atoms with van der Waals surface area (Å²) in [6, 6.07) is 5.42. The molecule has 0 spiro atoms. The van der Waals surface area contributed by atoms with E-state index >= 15 is 0 Å². The molecule has 0 saturated carbocycles. The number of nitrogens with two attached hydrogens (primary N) is 1. The molecule has 2 saturated heterocycles. The lowest BCUT2D eigenvalue weighted by Crippen LogP contribution is -2.61. The van der Waals surface area contributed by atoms with Crippen molar-refractivity contribution >= 4 is 29.8 Å². The van der Waals surface area contributed by atoms with Gasteiger partial charge in [0.2, 0.25) is 0 Å². The summed E-state index contributed by atoms with van der Waals surface area (Å²) >= 11 is 0. The monoisotopic (exact) mass is 593 g/mol. The van der Waals surface area contributed by atoms with Gasteiger partial charge in [0, 0.05) is 50.5 Å². The summed E-state index contributed by atoms with van der Waals surface area (Å²) in [5.41, 5.74) is 9.08. The van der Waals surface area contributed by atoms with Crippen LogP contribution in [0.3, 0.4) is 0 Å². The first-order chi connectivity index (χ1) is 20.7. The SMILES string of the molecule is CCNc1nnc(-c2nc(C)c(N3CC(CC)N(C4CCN(C)CC4)C[C@H]3C)nc2N)o1.CNc1nc(C)ccc1C=O. The Morgan fingerprint density at radius 1 is 1.09 bits per heavy atom. The highest BCUT2D eigenvalue weighted by Gasteiger charge is 2.37. The van der Waals surface area contributed by atoms with E-state index in [1.807, 2.05) is 26.8 Å². The van der Waals surface area contributed by atoms with Crippen LogP contribution in [0.15, 0.2) is 16.5 Å². The molecule has 0 aromatic carbocycles. The third-order valence-electron chi connectivity index (χ3n) is 8.24. The lowest BCUT2D eigenvalue weighted by molar-refractivity contribution is 0.0583. The number of carbonyl (C=O) groups is 1. The second-order valence-corrected chi connectivity index (χ2v) is 11.4. The number of hydrogen-bond donors (Lipinski definition) is 3. The lowest BCUT2D eigenvalue weighted by atomic mass is 9.96. The summed E-state index contributed by atoms with van der Waals surface area (Å²) in [4.78, 5) is 31.6. The van der Waals surface area contributed by atoms with Gasteiger partial charge in [-0.2, -0.15) is 0 Å². The molecule has 0 radical (unpaired) electrons. The Morgan fingerprint density at radius 2 is 1.84 bits per heavy atom. The standard InChI is InChI=1S/C22H37N9O.C8H10N2O/c1-6-16-13-30(14(3)12-31(16)17-8-10-29(5)11-9-17)20-15(4)25-18(19(23)26-20)21-27-28-22(32-21)24-7-2;1-6-3-4-7(5-11)8(9-2)10-6/h14,16-17H,6-13H2,1-5H3,(H2,23,26)(H,24,28);3-5H,1-2H3,(H,9,10)/t14-,16?;/m1./s1. The number of aryl methyl sites for hydroxylation is 2. The molecule has 2 fully saturated rings. The van der Waals surface area contributed by atoms with Crippen molar-refractivity contribution < 1.29 is 9.21 Å². The zero-order valence-corrected chi connectivity index (χ0v) is 26.6. The van der Waals surface area contributed by atoms with Gasteiger partial charge < -0.3 is 30.6 Å². The van der Waals surface area contributed by atoms with Crippen molar-refractivity contribution in [1.82, 2.24) is 34.9 Å². The van der Waals surface area contributed by atoms with E-state index < -0.39 is 0 Å². The van der Waals surface area contributed by atoms with Gasteiger partial charge in [-0.1, -0.05) is 12.0 Å². The van der Waals surface area contributed by atoms with E-state index in [2.05, 4.69) is 61.4 Å². The van der Waals surface area contributed by atoms with Crippen molar-refractivity contribution in [2.45, 2.75) is 72.0 Å². The molecule has 5 heterocycles. The molecule has 2 atom stereocenters. The van der Waals surface area contributed by atoms with Gasteiger partial charge in [0.05, 0.1) is 11.3 Å². The number of carbonyl (C=O) groups excluding carboxylic acids is 1. The smallest absolute Gasteiger partial charge is 0.315 e. The Hall–Kier alpha value is -3.84. The fourth-order valence-corrected chi connectivity index (χ4v) is 5.85. The van der Waals surface area contributed by atoms with Crippen LogP contribution < -0.4 is 21.3 Å². The first-order valence-electron chi connectivity index (χ1n) is 15.2. The number of pyridine rings is 1. The molecule has 0 aliphatic carbocycles. The topological polar surface area (TPSA) is 154 Å². The van der Waals surface area contributed by atoms with Crippen molar-refractivity contribution in [2.75, 3.05) is 68.1 Å². The zero-order valence-electron chi connectivity index (χ0n) is 26.6. The van der Waals surface area contributed by atoms with Crippen LogP contribution >= 0.6 is 0 Å². The molecule has 5 rings (SSSR count). The highest BCUT2D eigenvalue weighted by Crippen LogP contribution is 2.32. The van der Waals surface area contributed by atoms with Crippen molar-refractivity contribution in [2.24, 2.45) is 0 Å². The number of nitrogen functional groups attached to an aromatic ring is 1. The molecule has 234 valence electrons. The van der Waals surface area contributed by atoms with Gasteiger partial charge in [-0.25, -0.2) is 15.0 Å². The van der Waals surface area contributed by atoms with E-state index in [4.69, 9.17) is 20.1 Å². The number of anilines is 4. The number of aromatic nitrogens is 5. The second-order valence-electron chi connectivity index (χ2n) is 11.4. The van der Waals surface area contributed by atoms with Crippen molar-refractivity contribution in [3.05, 3.63) is 29.1 Å². The predicted molar refractivity (Wildman–Crippen MR) is 171 cm³/mol. The van der Waals surface area contributed by atoms with Gasteiger partial charge in [-0.15, -0.1) is 5.10 Å². The fourth-order valence-electron chi connectivity index (χ4n) is 5.85. The molecular formula is C30H47N11O2. The number of hydrogen-bond acceptors (Lipinski definition) is 13. The van der Waals surface area contributed by atoms with Crippen LogP contribution in [0, 0.1) is 13.8 Å². The molecule has 0 bridgehead atoms. The van der Waals surface area contributed by atoms with Gasteiger partial charge in [-0.3, -0.25) is 9.69 Å². The number of nitrogens with zero attached hydrogens (tertiary/aromatic N) is 8. The second kappa shape index (κ2) is 14.6. The number of nitrogens with one attached hydrogen (secondary N) is 2. The molecule has 3 aromatic rings. The number of rotatable bonds is 8. The maximum atomic E-state index is 10.4. The van der Waals surface area contributed by atoms with E-state index in [1.165, 1.54) is 25.9 Å². The molecule has 2 aliphatic rings. The molecule has 3 aromatic heterocycles. The predicted octanol–water partition coefficient (Wildman–Crippen LogP) is 3.48. The number of aldehydes is 1. The summed E-state index contributed by atoms with van der Waals surface area (Å²) in [6.45, 7) is 15.4. The third kappa shape index (κ3) is 7.57. The summed E-state index contributed by atoms with van der Waals surface area (Å²) in [7, 11) is 3.97. The highest BCUT2D eigenvalue weighted by molar-refractivity contribution is 5.82. The molecule has 13 nitrogen and oxygen atoms in total. The lowest BCUT2D eigenvalue weighted by Gasteiger charge is -2.50. The molecular weight excluding hydrogens is 546 g/mol. The molecule has 1 unspecified atom stereocenters. The minimum absolute atomic E-state index is 0.284. The molecule has 2 aliphatic heterocycles. The van der Waals surface area contributed by atoms with E-state index in [0.717, 1.165) is 43.0 Å². The fraction of sp³-hybridized carbons (Fsp3) is 0.600. The average Bonchev–Trinajstić information content (AvgIpc) is 3.47. The Labute approximate surface area is 254 Å². The van der Waals surface area contributed by atoms with Crippen LogP contribution in [0.25, 0.3) is 11.6 Å². The first-order valence-corrected chi connectivity index (χ1v) is 15.2. The van der Waals surface area contributed by atoms with Crippen LogP contribution in [0.1, 0.15) is 61.8 Å². The normalized spacial score (nSPS) is 19.9. The van der Waals surface area contributed by atoms with Gasteiger partial charge in [-0.05, 0) is 79.2 Å². The van der Waals surface area contributed by atoms with Crippen LogP contribution in [-0.2, 0) is 0 Å². The van der Waals surface area contributed by atoms with E-state index in [9.17, 15) is 4.79 Å². The molecule has 43 heavy (non-hydrogen) atoms. The van der Waals surface area contributed by atoms with Crippen LogP contribution in [0.5, 0.6) is 0 Å². The average molecular weight is 594 g/mol.